The molecule has 0 aromatic carbocycles. The monoisotopic (exact) mass is 420 g/mol. The fourth-order valence-electron chi connectivity index (χ4n) is 2.95. The molecule has 0 spiro atoms. The molecule has 3 aromatic heterocycles. The van der Waals surface area contributed by atoms with Crippen molar-refractivity contribution in [2.24, 2.45) is 0 Å². The molecule has 0 unspecified atom stereocenters. The SMILES string of the molecule is CCN(CC)CCCNc1cnc(-c2ccccn2)cc1-c1noc(C(F)(F)F)n1. The van der Waals surface area contributed by atoms with E-state index >= 15 is 0 Å². The average Bonchev–Trinajstić information content (AvgIpc) is 3.25. The van der Waals surface area contributed by atoms with Gasteiger partial charge in [0.15, 0.2) is 0 Å². The standard InChI is InChI=1S/C20H23F3N6O/c1-3-29(4-2)11-7-10-25-17-13-26-16(15-8-5-6-9-24-15)12-14(17)18-27-19(30-28-18)20(21,22)23/h5-6,8-9,12-13,25H,3-4,7,10-11H2,1-2H3. The van der Waals surface area contributed by atoms with Crippen molar-refractivity contribution in [1.29, 1.82) is 0 Å². The van der Waals surface area contributed by atoms with Crippen LogP contribution in [0.25, 0.3) is 22.8 Å². The summed E-state index contributed by atoms with van der Waals surface area (Å²) >= 11 is 0. The number of pyridine rings is 2. The van der Waals surface area contributed by atoms with Gasteiger partial charge in [0.2, 0.25) is 5.82 Å². The quantitative estimate of drug-likeness (QED) is 0.515. The van der Waals surface area contributed by atoms with Gasteiger partial charge >= 0.3 is 12.1 Å². The first-order chi connectivity index (χ1) is 14.4. The van der Waals surface area contributed by atoms with E-state index in [1.54, 1.807) is 36.7 Å². The number of aromatic nitrogens is 4. The molecule has 160 valence electrons. The van der Waals surface area contributed by atoms with Crippen molar-refractivity contribution in [3.8, 4) is 22.8 Å². The van der Waals surface area contributed by atoms with Crippen LogP contribution >= 0.6 is 0 Å². The number of rotatable bonds is 9. The molecule has 3 aromatic rings. The molecule has 30 heavy (non-hydrogen) atoms. The van der Waals surface area contributed by atoms with Gasteiger partial charge in [-0.2, -0.15) is 18.2 Å². The summed E-state index contributed by atoms with van der Waals surface area (Å²) in [4.78, 5) is 14.5. The van der Waals surface area contributed by atoms with E-state index in [-0.39, 0.29) is 5.82 Å². The highest BCUT2D eigenvalue weighted by molar-refractivity contribution is 5.76. The number of hydrogen-bond donors (Lipinski definition) is 1. The van der Waals surface area contributed by atoms with E-state index in [1.807, 2.05) is 0 Å². The summed E-state index contributed by atoms with van der Waals surface area (Å²) in [5.74, 6) is -1.55. The predicted octanol–water partition coefficient (Wildman–Crippen LogP) is 4.36. The van der Waals surface area contributed by atoms with Crippen molar-refractivity contribution in [2.75, 3.05) is 31.5 Å². The number of halogens is 3. The lowest BCUT2D eigenvalue weighted by Crippen LogP contribution is -2.25. The first-order valence-electron chi connectivity index (χ1n) is 9.71. The van der Waals surface area contributed by atoms with Crippen molar-refractivity contribution in [3.63, 3.8) is 0 Å². The maximum absolute atomic E-state index is 12.9. The second kappa shape index (κ2) is 9.66. The topological polar surface area (TPSA) is 80.0 Å². The third-order valence-electron chi connectivity index (χ3n) is 4.60. The van der Waals surface area contributed by atoms with E-state index < -0.39 is 12.1 Å². The molecule has 3 heterocycles. The van der Waals surface area contributed by atoms with Gasteiger partial charge in [-0.15, -0.1) is 0 Å². The summed E-state index contributed by atoms with van der Waals surface area (Å²) < 4.78 is 43.2. The number of alkyl halides is 3. The smallest absolute Gasteiger partial charge is 0.383 e. The summed E-state index contributed by atoms with van der Waals surface area (Å²) in [7, 11) is 0. The van der Waals surface area contributed by atoms with Crippen molar-refractivity contribution in [2.45, 2.75) is 26.4 Å². The molecule has 0 radical (unpaired) electrons. The molecule has 0 aliphatic rings. The summed E-state index contributed by atoms with van der Waals surface area (Å²) in [6, 6.07) is 6.95. The highest BCUT2D eigenvalue weighted by atomic mass is 19.4. The van der Waals surface area contributed by atoms with E-state index in [9.17, 15) is 13.2 Å². The van der Waals surface area contributed by atoms with Gasteiger partial charge in [-0.05, 0) is 44.3 Å². The molecule has 3 rings (SSSR count). The molecule has 7 nitrogen and oxygen atoms in total. The molecular weight excluding hydrogens is 397 g/mol. The van der Waals surface area contributed by atoms with Gasteiger partial charge in [0.05, 0.1) is 23.3 Å². The van der Waals surface area contributed by atoms with E-state index in [4.69, 9.17) is 0 Å². The van der Waals surface area contributed by atoms with Crippen LogP contribution in [-0.4, -0.2) is 51.2 Å². The Morgan fingerprint density at radius 2 is 1.90 bits per heavy atom. The number of anilines is 1. The first kappa shape index (κ1) is 21.7. The fourth-order valence-corrected chi connectivity index (χ4v) is 2.95. The van der Waals surface area contributed by atoms with Crippen LogP contribution in [0, 0.1) is 0 Å². The van der Waals surface area contributed by atoms with Crippen molar-refractivity contribution < 1.29 is 17.7 Å². The second-order valence-corrected chi connectivity index (χ2v) is 6.56. The molecule has 0 aliphatic carbocycles. The van der Waals surface area contributed by atoms with Gasteiger partial charge in [-0.1, -0.05) is 25.1 Å². The zero-order valence-corrected chi connectivity index (χ0v) is 16.8. The lowest BCUT2D eigenvalue weighted by atomic mass is 10.1. The molecule has 1 N–H and O–H groups in total. The van der Waals surface area contributed by atoms with Crippen LogP contribution < -0.4 is 5.32 Å². The summed E-state index contributed by atoms with van der Waals surface area (Å²) in [6.45, 7) is 7.66. The Balaban J connectivity index is 1.87. The Bertz CT molecular complexity index is 941. The number of nitrogens with one attached hydrogen (secondary N) is 1. The molecule has 0 bridgehead atoms. The molecule has 0 atom stereocenters. The highest BCUT2D eigenvalue weighted by Crippen LogP contribution is 2.33. The summed E-state index contributed by atoms with van der Waals surface area (Å²) in [5, 5.41) is 6.76. The second-order valence-electron chi connectivity index (χ2n) is 6.56. The van der Waals surface area contributed by atoms with Crippen LogP contribution in [0.3, 0.4) is 0 Å². The minimum atomic E-state index is -4.71. The molecular formula is C20H23F3N6O. The summed E-state index contributed by atoms with van der Waals surface area (Å²) in [6.07, 6.45) is -0.671. The maximum atomic E-state index is 12.9. The lowest BCUT2D eigenvalue weighted by Gasteiger charge is -2.18. The Labute approximate surface area is 172 Å². The van der Waals surface area contributed by atoms with E-state index in [0.29, 0.717) is 29.2 Å². The molecule has 0 amide bonds. The van der Waals surface area contributed by atoms with Crippen LogP contribution in [0.5, 0.6) is 0 Å². The first-order valence-corrected chi connectivity index (χ1v) is 9.71. The van der Waals surface area contributed by atoms with Gasteiger partial charge < -0.3 is 14.7 Å². The average molecular weight is 420 g/mol. The van der Waals surface area contributed by atoms with Gasteiger partial charge in [-0.25, -0.2) is 0 Å². The van der Waals surface area contributed by atoms with Crippen LogP contribution in [0.15, 0.2) is 41.2 Å². The summed E-state index contributed by atoms with van der Waals surface area (Å²) in [5.41, 5.74) is 1.99. The maximum Gasteiger partial charge on any atom is 0.471 e. The van der Waals surface area contributed by atoms with E-state index in [0.717, 1.165) is 26.1 Å². The van der Waals surface area contributed by atoms with Gasteiger partial charge in [-0.3, -0.25) is 9.97 Å². The van der Waals surface area contributed by atoms with Crippen molar-refractivity contribution in [1.82, 2.24) is 25.0 Å². The van der Waals surface area contributed by atoms with Crippen LogP contribution in [0.2, 0.25) is 0 Å². The van der Waals surface area contributed by atoms with Gasteiger partial charge in [0.1, 0.15) is 0 Å². The fraction of sp³-hybridized carbons (Fsp3) is 0.400. The Hall–Kier alpha value is -3.01. The van der Waals surface area contributed by atoms with Crippen LogP contribution in [-0.2, 0) is 6.18 Å². The molecule has 0 fully saturated rings. The van der Waals surface area contributed by atoms with Crippen molar-refractivity contribution in [3.05, 3.63) is 42.5 Å². The van der Waals surface area contributed by atoms with Gasteiger partial charge in [0, 0.05) is 18.3 Å². The van der Waals surface area contributed by atoms with Crippen LogP contribution in [0.1, 0.15) is 26.2 Å². The predicted molar refractivity (Wildman–Crippen MR) is 107 cm³/mol. The lowest BCUT2D eigenvalue weighted by molar-refractivity contribution is -0.159. The molecule has 0 saturated heterocycles. The largest absolute Gasteiger partial charge is 0.471 e. The Morgan fingerprint density at radius 1 is 1.10 bits per heavy atom. The zero-order valence-electron chi connectivity index (χ0n) is 16.8. The molecule has 0 saturated carbocycles. The van der Waals surface area contributed by atoms with E-state index in [1.165, 1.54) is 0 Å². The Morgan fingerprint density at radius 3 is 2.53 bits per heavy atom. The molecule has 0 aliphatic heterocycles. The molecule has 10 heteroatoms. The Kier molecular flexibility index (Phi) is 6.99. The third kappa shape index (κ3) is 5.32. The highest BCUT2D eigenvalue weighted by Gasteiger charge is 2.38. The zero-order chi connectivity index (χ0) is 21.6. The van der Waals surface area contributed by atoms with Crippen LogP contribution in [0.4, 0.5) is 18.9 Å². The minimum Gasteiger partial charge on any atom is -0.383 e. The third-order valence-corrected chi connectivity index (χ3v) is 4.60. The van der Waals surface area contributed by atoms with Crippen molar-refractivity contribution >= 4 is 5.69 Å². The van der Waals surface area contributed by atoms with Gasteiger partial charge in [0.25, 0.3) is 0 Å². The van der Waals surface area contributed by atoms with E-state index in [2.05, 4.69) is 48.7 Å². The normalized spacial score (nSPS) is 11.8. The minimum absolute atomic E-state index is 0.159. The number of nitrogens with zero attached hydrogens (tertiary/aromatic N) is 5. The number of hydrogen-bond acceptors (Lipinski definition) is 7.